The first-order chi connectivity index (χ1) is 12.7. The molecule has 0 bridgehead atoms. The first-order valence-electron chi connectivity index (χ1n) is 8.57. The third-order valence-corrected chi connectivity index (χ3v) is 4.18. The van der Waals surface area contributed by atoms with E-state index in [-0.39, 0.29) is 35.5 Å². The second-order valence-electron chi connectivity index (χ2n) is 7.22. The molecule has 1 atom stereocenters. The Kier molecular flexibility index (Phi) is 5.52. The van der Waals surface area contributed by atoms with Gasteiger partial charge in [-0.25, -0.2) is 19.7 Å². The number of aromatic hydroxyl groups is 1. The number of pyridine rings is 1. The number of piperazine rings is 1. The quantitative estimate of drug-likeness (QED) is 0.759. The molecule has 2 aromatic heterocycles. The summed E-state index contributed by atoms with van der Waals surface area (Å²) in [5.74, 6) is -0.0188. The highest BCUT2D eigenvalue weighted by atomic mass is 35.5. The molecule has 146 valence electrons. The summed E-state index contributed by atoms with van der Waals surface area (Å²) >= 11 is 6.14. The summed E-state index contributed by atoms with van der Waals surface area (Å²) < 4.78 is 11.2. The van der Waals surface area contributed by atoms with Crippen LogP contribution in [0.1, 0.15) is 20.8 Å². The van der Waals surface area contributed by atoms with Crippen LogP contribution in [0.25, 0.3) is 10.9 Å². The molecule has 0 spiro atoms. The molecule has 2 aromatic rings. The van der Waals surface area contributed by atoms with Gasteiger partial charge in [-0.2, -0.15) is 0 Å². The minimum Gasteiger partial charge on any atom is -0.493 e. The van der Waals surface area contributed by atoms with Gasteiger partial charge >= 0.3 is 6.09 Å². The van der Waals surface area contributed by atoms with Crippen molar-refractivity contribution in [2.45, 2.75) is 32.4 Å². The van der Waals surface area contributed by atoms with E-state index in [1.165, 1.54) is 12.5 Å². The van der Waals surface area contributed by atoms with Crippen LogP contribution in [0, 0.1) is 0 Å². The van der Waals surface area contributed by atoms with E-state index in [1.807, 2.05) is 20.8 Å². The molecule has 0 saturated carbocycles. The van der Waals surface area contributed by atoms with E-state index >= 15 is 0 Å². The number of hydrogen-bond acceptors (Lipinski definition) is 8. The Hall–Kier alpha value is -2.39. The Balaban J connectivity index is 1.69. The zero-order valence-corrected chi connectivity index (χ0v) is 16.2. The summed E-state index contributed by atoms with van der Waals surface area (Å²) in [4.78, 5) is 25.7. The van der Waals surface area contributed by atoms with E-state index in [0.717, 1.165) is 0 Å². The fraction of sp³-hybridized carbons (Fsp3) is 0.529. The van der Waals surface area contributed by atoms with Gasteiger partial charge in [0.2, 0.25) is 5.88 Å². The van der Waals surface area contributed by atoms with E-state index in [4.69, 9.17) is 21.1 Å². The molecule has 3 heterocycles. The zero-order chi connectivity index (χ0) is 19.6. The van der Waals surface area contributed by atoms with E-state index in [1.54, 1.807) is 4.90 Å². The minimum atomic E-state index is -0.548. The minimum absolute atomic E-state index is 0.104. The number of nitrogens with one attached hydrogen (secondary N) is 1. The fourth-order valence-electron chi connectivity index (χ4n) is 2.73. The van der Waals surface area contributed by atoms with Crippen LogP contribution in [-0.4, -0.2) is 68.9 Å². The Labute approximate surface area is 161 Å². The van der Waals surface area contributed by atoms with E-state index < -0.39 is 5.60 Å². The average Bonchev–Trinajstić information content (AvgIpc) is 2.60. The van der Waals surface area contributed by atoms with Gasteiger partial charge in [-0.15, -0.1) is 0 Å². The van der Waals surface area contributed by atoms with Crippen LogP contribution >= 0.6 is 11.6 Å². The standard InChI is InChI=1S/C17H22ClN5O4/c1-17(2,3)27-16(25)23-5-4-19-10(7-23)8-26-13-12-11(6-20-14(13)18)21-9-22-15(12)24/h6,9-10,19H,4-5,7-8H2,1-3H3,(H,21,22,24). The smallest absolute Gasteiger partial charge is 0.410 e. The molecule has 0 aliphatic carbocycles. The lowest BCUT2D eigenvalue weighted by Crippen LogP contribution is -2.55. The predicted octanol–water partition coefficient (Wildman–Crippen LogP) is 1.97. The van der Waals surface area contributed by atoms with Crippen LogP contribution in [0.4, 0.5) is 4.79 Å². The van der Waals surface area contributed by atoms with Gasteiger partial charge in [-0.05, 0) is 20.8 Å². The number of amides is 1. The van der Waals surface area contributed by atoms with Gasteiger partial charge in [0.1, 0.15) is 23.9 Å². The predicted molar refractivity (Wildman–Crippen MR) is 99.1 cm³/mol. The van der Waals surface area contributed by atoms with Crippen molar-refractivity contribution in [2.24, 2.45) is 0 Å². The number of carbonyl (C=O) groups excluding carboxylic acids is 1. The Morgan fingerprint density at radius 3 is 2.93 bits per heavy atom. The van der Waals surface area contributed by atoms with Gasteiger partial charge in [0, 0.05) is 19.6 Å². The van der Waals surface area contributed by atoms with Crippen molar-refractivity contribution in [3.05, 3.63) is 17.7 Å². The number of carbonyl (C=O) groups is 1. The lowest BCUT2D eigenvalue weighted by Gasteiger charge is -2.34. The van der Waals surface area contributed by atoms with Crippen LogP contribution < -0.4 is 10.1 Å². The molecule has 27 heavy (non-hydrogen) atoms. The highest BCUT2D eigenvalue weighted by molar-refractivity contribution is 6.32. The van der Waals surface area contributed by atoms with Gasteiger partial charge in [-0.1, -0.05) is 11.6 Å². The molecule has 0 aromatic carbocycles. The van der Waals surface area contributed by atoms with Crippen molar-refractivity contribution < 1.29 is 19.4 Å². The third kappa shape index (κ3) is 4.67. The summed E-state index contributed by atoms with van der Waals surface area (Å²) in [6, 6.07) is -0.135. The van der Waals surface area contributed by atoms with Crippen molar-refractivity contribution in [2.75, 3.05) is 26.2 Å². The van der Waals surface area contributed by atoms with E-state index in [9.17, 15) is 9.90 Å². The molecule has 10 heteroatoms. The molecule has 1 aliphatic rings. The van der Waals surface area contributed by atoms with Gasteiger partial charge in [0.15, 0.2) is 10.9 Å². The molecule has 3 rings (SSSR count). The number of aromatic nitrogens is 3. The lowest BCUT2D eigenvalue weighted by atomic mass is 10.2. The van der Waals surface area contributed by atoms with E-state index in [0.29, 0.717) is 30.5 Å². The van der Waals surface area contributed by atoms with Gasteiger partial charge in [0.25, 0.3) is 0 Å². The summed E-state index contributed by atoms with van der Waals surface area (Å²) in [5.41, 5.74) is -0.123. The maximum Gasteiger partial charge on any atom is 0.410 e. The Morgan fingerprint density at radius 2 is 2.19 bits per heavy atom. The summed E-state index contributed by atoms with van der Waals surface area (Å²) in [7, 11) is 0. The molecule has 9 nitrogen and oxygen atoms in total. The number of hydrogen-bond donors (Lipinski definition) is 2. The maximum atomic E-state index is 12.3. The van der Waals surface area contributed by atoms with Crippen molar-refractivity contribution in [1.29, 1.82) is 0 Å². The monoisotopic (exact) mass is 395 g/mol. The highest BCUT2D eigenvalue weighted by Gasteiger charge is 2.28. The molecular weight excluding hydrogens is 374 g/mol. The normalized spacial score (nSPS) is 17.8. The maximum absolute atomic E-state index is 12.3. The van der Waals surface area contributed by atoms with Gasteiger partial charge < -0.3 is 24.8 Å². The first-order valence-corrected chi connectivity index (χ1v) is 8.94. The Bertz CT molecular complexity index is 842. The SMILES string of the molecule is CC(C)(C)OC(=O)N1CCNC(COc2c(Cl)ncc3ncnc(O)c23)C1. The van der Waals surface area contributed by atoms with Crippen LogP contribution in [0.2, 0.25) is 5.15 Å². The second-order valence-corrected chi connectivity index (χ2v) is 7.58. The van der Waals surface area contributed by atoms with Crippen molar-refractivity contribution >= 4 is 28.6 Å². The molecule has 1 unspecified atom stereocenters. The van der Waals surface area contributed by atoms with E-state index in [2.05, 4.69) is 20.3 Å². The topological polar surface area (TPSA) is 110 Å². The van der Waals surface area contributed by atoms with Crippen molar-refractivity contribution in [1.82, 2.24) is 25.2 Å². The average molecular weight is 396 g/mol. The number of halogens is 1. The molecule has 1 amide bonds. The zero-order valence-electron chi connectivity index (χ0n) is 15.4. The first kappa shape index (κ1) is 19.4. The summed E-state index contributed by atoms with van der Waals surface area (Å²) in [6.07, 6.45) is 2.32. The third-order valence-electron chi connectivity index (χ3n) is 3.91. The van der Waals surface area contributed by atoms with Crippen molar-refractivity contribution in [3.63, 3.8) is 0 Å². The molecule has 0 radical (unpaired) electrons. The number of rotatable bonds is 3. The molecular formula is C17H22ClN5O4. The number of ether oxygens (including phenoxy) is 2. The molecule has 1 saturated heterocycles. The highest BCUT2D eigenvalue weighted by Crippen LogP contribution is 2.35. The largest absolute Gasteiger partial charge is 0.493 e. The number of nitrogens with zero attached hydrogens (tertiary/aromatic N) is 4. The fourth-order valence-corrected chi connectivity index (χ4v) is 2.93. The van der Waals surface area contributed by atoms with Gasteiger partial charge in [0.05, 0.1) is 17.8 Å². The van der Waals surface area contributed by atoms with Crippen LogP contribution in [0.15, 0.2) is 12.5 Å². The van der Waals surface area contributed by atoms with Crippen LogP contribution in [0.5, 0.6) is 11.6 Å². The molecule has 2 N–H and O–H groups in total. The molecule has 1 fully saturated rings. The lowest BCUT2D eigenvalue weighted by molar-refractivity contribution is 0.0178. The number of fused-ring (bicyclic) bond motifs is 1. The van der Waals surface area contributed by atoms with Crippen molar-refractivity contribution in [3.8, 4) is 11.6 Å². The summed E-state index contributed by atoms with van der Waals surface area (Å²) in [6.45, 7) is 7.30. The van der Waals surface area contributed by atoms with Crippen LogP contribution in [-0.2, 0) is 4.74 Å². The van der Waals surface area contributed by atoms with Crippen LogP contribution in [0.3, 0.4) is 0 Å². The molecule has 1 aliphatic heterocycles. The van der Waals surface area contributed by atoms with Gasteiger partial charge in [-0.3, -0.25) is 0 Å². The Morgan fingerprint density at radius 1 is 1.41 bits per heavy atom. The summed E-state index contributed by atoms with van der Waals surface area (Å²) in [5, 5.41) is 13.7. The second kappa shape index (κ2) is 7.69.